The minimum Gasteiger partial charge on any atom is -0.379 e. The molecule has 1 unspecified atom stereocenters. The highest BCUT2D eigenvalue weighted by molar-refractivity contribution is 6.30. The quantitative estimate of drug-likeness (QED) is 0.464. The van der Waals surface area contributed by atoms with Crippen molar-refractivity contribution in [1.29, 1.82) is 0 Å². The van der Waals surface area contributed by atoms with Gasteiger partial charge in [-0.3, -0.25) is 9.78 Å². The van der Waals surface area contributed by atoms with Crippen LogP contribution in [-0.4, -0.2) is 32.7 Å². The summed E-state index contributed by atoms with van der Waals surface area (Å²) in [6, 6.07) is 13.5. The van der Waals surface area contributed by atoms with Crippen molar-refractivity contribution in [1.82, 2.24) is 19.5 Å². The zero-order valence-corrected chi connectivity index (χ0v) is 18.3. The van der Waals surface area contributed by atoms with Crippen molar-refractivity contribution < 1.29 is 4.74 Å². The molecule has 7 nitrogen and oxygen atoms in total. The topological polar surface area (TPSA) is 89.9 Å². The lowest BCUT2D eigenvalue weighted by Crippen LogP contribution is -2.31. The van der Waals surface area contributed by atoms with Crippen LogP contribution in [0, 0.1) is 0 Å². The van der Waals surface area contributed by atoms with E-state index in [1.54, 1.807) is 7.11 Å². The predicted octanol–water partition coefficient (Wildman–Crippen LogP) is 3.62. The lowest BCUT2D eigenvalue weighted by molar-refractivity contribution is 0.0890. The molecule has 0 spiro atoms. The van der Waals surface area contributed by atoms with Gasteiger partial charge in [-0.25, -0.2) is 9.78 Å². The number of rotatable bonds is 6. The van der Waals surface area contributed by atoms with Gasteiger partial charge in [0.25, 0.3) is 5.56 Å². The molecule has 0 aliphatic carbocycles. The summed E-state index contributed by atoms with van der Waals surface area (Å²) >= 11 is 5.99. The van der Waals surface area contributed by atoms with E-state index in [9.17, 15) is 9.59 Å². The van der Waals surface area contributed by atoms with Gasteiger partial charge in [0.15, 0.2) is 11.5 Å². The largest absolute Gasteiger partial charge is 0.379 e. The van der Waals surface area contributed by atoms with Gasteiger partial charge in [-0.2, -0.15) is 4.98 Å². The zero-order chi connectivity index (χ0) is 22.1. The molecule has 0 saturated carbocycles. The minimum atomic E-state index is -0.696. The highest BCUT2D eigenvalue weighted by atomic mass is 35.5. The molecule has 31 heavy (non-hydrogen) atoms. The number of ether oxygens (including phenoxy) is 1. The second kappa shape index (κ2) is 8.61. The SMILES string of the molecule is COC(Cc1ccc(Cl)cc1)Cn1c2nc(=O)[nH]c(=O)c-2nc2cc(C(C)C)ccc21. The normalized spacial score (nSPS) is 12.7. The van der Waals surface area contributed by atoms with Crippen LogP contribution < -0.4 is 11.2 Å². The Morgan fingerprint density at radius 3 is 2.52 bits per heavy atom. The molecule has 8 heteroatoms. The van der Waals surface area contributed by atoms with Crippen LogP contribution in [0.1, 0.15) is 30.9 Å². The average Bonchev–Trinajstić information content (AvgIpc) is 2.74. The van der Waals surface area contributed by atoms with Gasteiger partial charge in [0.05, 0.1) is 23.7 Å². The van der Waals surface area contributed by atoms with E-state index in [-0.39, 0.29) is 17.6 Å². The molecular weight excluding hydrogens is 416 g/mol. The molecule has 2 aliphatic rings. The van der Waals surface area contributed by atoms with Gasteiger partial charge >= 0.3 is 5.69 Å². The molecule has 0 radical (unpaired) electrons. The summed E-state index contributed by atoms with van der Waals surface area (Å²) in [5, 5.41) is 0.672. The standard InChI is InChI=1S/C23H23ClN4O3/c1-13(2)15-6-9-19-18(11-15)25-20-21(26-23(30)27-22(20)29)28(19)12-17(31-3)10-14-4-7-16(24)8-5-14/h4-9,11,13,17H,10,12H2,1-3H3,(H,27,29,30). The van der Waals surface area contributed by atoms with Crippen molar-refractivity contribution in [2.24, 2.45) is 0 Å². The molecule has 2 aromatic carbocycles. The number of methoxy groups -OCH3 is 1. The maximum atomic E-state index is 12.5. The number of H-pyrrole nitrogens is 1. The van der Waals surface area contributed by atoms with Gasteiger partial charge in [0.1, 0.15) is 0 Å². The van der Waals surface area contributed by atoms with E-state index in [2.05, 4.69) is 28.8 Å². The van der Waals surface area contributed by atoms with Gasteiger partial charge in [-0.15, -0.1) is 0 Å². The third kappa shape index (κ3) is 4.38. The third-order valence-corrected chi connectivity index (χ3v) is 5.65. The van der Waals surface area contributed by atoms with Crippen LogP contribution in [-0.2, 0) is 17.7 Å². The van der Waals surface area contributed by atoms with Crippen LogP contribution in [0.2, 0.25) is 5.02 Å². The van der Waals surface area contributed by atoms with Crippen LogP contribution >= 0.6 is 11.6 Å². The Bertz CT molecular complexity index is 1310. The summed E-state index contributed by atoms with van der Waals surface area (Å²) in [5.74, 6) is 0.559. The smallest absolute Gasteiger partial charge is 0.349 e. The molecule has 4 rings (SSSR count). The number of benzene rings is 2. The fourth-order valence-corrected chi connectivity index (χ4v) is 3.80. The first kappa shape index (κ1) is 21.2. The fourth-order valence-electron chi connectivity index (χ4n) is 3.67. The lowest BCUT2D eigenvalue weighted by atomic mass is 10.0. The molecule has 0 saturated heterocycles. The van der Waals surface area contributed by atoms with Crippen molar-refractivity contribution in [3.8, 4) is 11.5 Å². The van der Waals surface area contributed by atoms with E-state index in [4.69, 9.17) is 16.3 Å². The number of fused-ring (bicyclic) bond motifs is 2. The molecule has 1 atom stereocenters. The van der Waals surface area contributed by atoms with E-state index in [1.807, 2.05) is 47.0 Å². The minimum absolute atomic E-state index is 0.134. The fraction of sp³-hybridized carbons (Fsp3) is 0.304. The van der Waals surface area contributed by atoms with E-state index < -0.39 is 11.2 Å². The monoisotopic (exact) mass is 438 g/mol. The molecule has 0 fully saturated rings. The van der Waals surface area contributed by atoms with Gasteiger partial charge < -0.3 is 9.30 Å². The Morgan fingerprint density at radius 2 is 1.84 bits per heavy atom. The highest BCUT2D eigenvalue weighted by Crippen LogP contribution is 2.25. The molecule has 0 bridgehead atoms. The molecule has 160 valence electrons. The molecular formula is C23H23ClN4O3. The first-order chi connectivity index (χ1) is 14.9. The van der Waals surface area contributed by atoms with Crippen molar-refractivity contribution in [3.05, 3.63) is 79.5 Å². The summed E-state index contributed by atoms with van der Waals surface area (Å²) < 4.78 is 7.59. The molecule has 2 aromatic rings. The number of aromatic amines is 1. The summed E-state index contributed by atoms with van der Waals surface area (Å²) in [4.78, 5) is 35.2. The summed E-state index contributed by atoms with van der Waals surface area (Å²) in [7, 11) is 1.64. The van der Waals surface area contributed by atoms with E-state index in [1.165, 1.54) is 0 Å². The maximum absolute atomic E-state index is 12.5. The summed E-state index contributed by atoms with van der Waals surface area (Å²) in [6.07, 6.45) is 0.407. The Morgan fingerprint density at radius 1 is 1.10 bits per heavy atom. The Kier molecular flexibility index (Phi) is 5.89. The van der Waals surface area contributed by atoms with Crippen LogP contribution in [0.5, 0.6) is 0 Å². The van der Waals surface area contributed by atoms with Crippen LogP contribution in [0.3, 0.4) is 0 Å². The molecule has 0 aromatic heterocycles. The third-order valence-electron chi connectivity index (χ3n) is 5.40. The van der Waals surface area contributed by atoms with E-state index in [0.29, 0.717) is 29.4 Å². The summed E-state index contributed by atoms with van der Waals surface area (Å²) in [5.41, 5.74) is 2.52. The first-order valence-electron chi connectivity index (χ1n) is 10.1. The van der Waals surface area contributed by atoms with Crippen molar-refractivity contribution >= 4 is 22.6 Å². The molecule has 0 amide bonds. The average molecular weight is 439 g/mol. The number of halogens is 1. The Balaban J connectivity index is 1.85. The van der Waals surface area contributed by atoms with Gasteiger partial charge in [0, 0.05) is 18.6 Å². The first-order valence-corrected chi connectivity index (χ1v) is 10.4. The second-order valence-electron chi connectivity index (χ2n) is 7.86. The van der Waals surface area contributed by atoms with Crippen LogP contribution in [0.4, 0.5) is 0 Å². The van der Waals surface area contributed by atoms with Gasteiger partial charge in [-0.05, 0) is 41.3 Å². The predicted molar refractivity (Wildman–Crippen MR) is 121 cm³/mol. The van der Waals surface area contributed by atoms with Crippen molar-refractivity contribution in [2.75, 3.05) is 7.11 Å². The van der Waals surface area contributed by atoms with Crippen LogP contribution in [0.15, 0.2) is 52.1 Å². The maximum Gasteiger partial charge on any atom is 0.349 e. The van der Waals surface area contributed by atoms with Crippen LogP contribution in [0.25, 0.3) is 22.6 Å². The number of hydrogen-bond donors (Lipinski definition) is 1. The zero-order valence-electron chi connectivity index (χ0n) is 17.6. The van der Waals surface area contributed by atoms with E-state index >= 15 is 0 Å². The van der Waals surface area contributed by atoms with Gasteiger partial charge in [0.2, 0.25) is 0 Å². The summed E-state index contributed by atoms with van der Waals surface area (Å²) in [6.45, 7) is 4.59. The van der Waals surface area contributed by atoms with E-state index in [0.717, 1.165) is 16.6 Å². The Labute approximate surface area is 184 Å². The number of nitrogens with one attached hydrogen (secondary N) is 1. The number of aromatic nitrogens is 4. The Hall–Kier alpha value is -3.03. The van der Waals surface area contributed by atoms with Crippen molar-refractivity contribution in [2.45, 2.75) is 38.8 Å². The number of nitrogens with zero attached hydrogens (tertiary/aromatic N) is 3. The van der Waals surface area contributed by atoms with Crippen molar-refractivity contribution in [3.63, 3.8) is 0 Å². The van der Waals surface area contributed by atoms with Gasteiger partial charge in [-0.1, -0.05) is 43.6 Å². The molecule has 2 aliphatic heterocycles. The molecule has 1 N–H and O–H groups in total. The molecule has 2 heterocycles. The lowest BCUT2D eigenvalue weighted by Gasteiger charge is -2.22. The second-order valence-corrected chi connectivity index (χ2v) is 8.29. The highest BCUT2D eigenvalue weighted by Gasteiger charge is 2.21. The number of hydrogen-bond acceptors (Lipinski definition) is 5.